The fourth-order valence-corrected chi connectivity index (χ4v) is 6.34. The summed E-state index contributed by atoms with van der Waals surface area (Å²) in [5.74, 6) is 3.18. The number of benzene rings is 1. The van der Waals surface area contributed by atoms with Crippen molar-refractivity contribution in [2.24, 2.45) is 28.6 Å². The van der Waals surface area contributed by atoms with Gasteiger partial charge in [-0.2, -0.15) is 0 Å². The van der Waals surface area contributed by atoms with Gasteiger partial charge in [-0.15, -0.1) is 0 Å². The van der Waals surface area contributed by atoms with Crippen molar-refractivity contribution in [2.45, 2.75) is 66.2 Å². The summed E-state index contributed by atoms with van der Waals surface area (Å²) in [5.41, 5.74) is 1.36. The number of carbonyl (C=O) groups excluding carboxylic acids is 1. The first-order chi connectivity index (χ1) is 13.2. The first kappa shape index (κ1) is 21.0. The molecule has 4 heteroatoms. The minimum Gasteiger partial charge on any atom is -0.497 e. The number of ether oxygens (including phenoxy) is 2. The van der Waals surface area contributed by atoms with Crippen LogP contribution in [0.5, 0.6) is 11.5 Å². The Balaban J connectivity index is 1.77. The van der Waals surface area contributed by atoms with Crippen LogP contribution in [0, 0.1) is 28.6 Å². The second-order valence-electron chi connectivity index (χ2n) is 9.92. The number of hydrogen-bond acceptors (Lipinski definition) is 3. The predicted octanol–water partition coefficient (Wildman–Crippen LogP) is 5.91. The van der Waals surface area contributed by atoms with Crippen molar-refractivity contribution in [1.82, 2.24) is 0 Å². The summed E-state index contributed by atoms with van der Waals surface area (Å²) in [6.07, 6.45) is 6.95. The zero-order chi connectivity index (χ0) is 20.5. The van der Waals surface area contributed by atoms with Crippen LogP contribution in [0.3, 0.4) is 0 Å². The van der Waals surface area contributed by atoms with E-state index in [-0.39, 0.29) is 11.3 Å². The van der Waals surface area contributed by atoms with Gasteiger partial charge in [0.2, 0.25) is 5.91 Å². The lowest BCUT2D eigenvalue weighted by atomic mass is 9.46. The molecule has 0 bridgehead atoms. The van der Waals surface area contributed by atoms with E-state index in [0.717, 1.165) is 5.69 Å². The highest BCUT2D eigenvalue weighted by molar-refractivity contribution is 5.91. The SMILES string of the molecule is COc1cc(NC(=O)C[C@H]2[C@@H](C)CC[C@H]3C(C)(C)CCC[C@]23C)cc(OC)c1. The van der Waals surface area contributed by atoms with Crippen molar-refractivity contribution in [1.29, 1.82) is 0 Å². The van der Waals surface area contributed by atoms with Crippen molar-refractivity contribution in [2.75, 3.05) is 19.5 Å². The standard InChI is InChI=1S/C24H37NO3/c1-16-8-9-21-23(2,3)10-7-11-24(21,4)20(16)15-22(26)25-17-12-18(27-5)14-19(13-17)28-6/h12-14,16,20-21H,7-11,15H2,1-6H3,(H,25,26)/t16-,20-,21-,24+/m0/s1. The fourth-order valence-electron chi connectivity index (χ4n) is 6.34. The third kappa shape index (κ3) is 4.01. The van der Waals surface area contributed by atoms with Crippen molar-refractivity contribution in [3.05, 3.63) is 18.2 Å². The molecule has 1 aromatic rings. The summed E-state index contributed by atoms with van der Waals surface area (Å²) in [6, 6.07) is 5.51. The Kier molecular flexibility index (Phi) is 5.97. The van der Waals surface area contributed by atoms with Crippen LogP contribution >= 0.6 is 0 Å². The highest BCUT2D eigenvalue weighted by atomic mass is 16.5. The summed E-state index contributed by atoms with van der Waals surface area (Å²) in [7, 11) is 3.24. The molecule has 0 heterocycles. The summed E-state index contributed by atoms with van der Waals surface area (Å²) in [4.78, 5) is 13.0. The normalized spacial score (nSPS) is 31.6. The molecule has 1 N–H and O–H groups in total. The largest absolute Gasteiger partial charge is 0.497 e. The van der Waals surface area contributed by atoms with Crippen LogP contribution in [0.2, 0.25) is 0 Å². The molecule has 2 fully saturated rings. The van der Waals surface area contributed by atoms with Gasteiger partial charge in [-0.3, -0.25) is 4.79 Å². The van der Waals surface area contributed by atoms with E-state index in [9.17, 15) is 4.79 Å². The zero-order valence-electron chi connectivity index (χ0n) is 18.4. The molecule has 0 saturated heterocycles. The van der Waals surface area contributed by atoms with Gasteiger partial charge in [0.25, 0.3) is 0 Å². The third-order valence-corrected chi connectivity index (χ3v) is 7.76. The lowest BCUT2D eigenvalue weighted by Crippen LogP contribution is -2.51. The number of amides is 1. The molecular weight excluding hydrogens is 350 g/mol. The smallest absolute Gasteiger partial charge is 0.224 e. The van der Waals surface area contributed by atoms with Crippen LogP contribution in [0.15, 0.2) is 18.2 Å². The first-order valence-electron chi connectivity index (χ1n) is 10.7. The second-order valence-corrected chi connectivity index (χ2v) is 9.92. The molecule has 4 atom stereocenters. The van der Waals surface area contributed by atoms with Gasteiger partial charge >= 0.3 is 0 Å². The average Bonchev–Trinajstić information content (AvgIpc) is 2.63. The molecule has 0 aromatic heterocycles. The van der Waals surface area contributed by atoms with Gasteiger partial charge in [0.05, 0.1) is 14.2 Å². The zero-order valence-corrected chi connectivity index (χ0v) is 18.4. The Morgan fingerprint density at radius 3 is 2.32 bits per heavy atom. The minimum absolute atomic E-state index is 0.0948. The number of carbonyl (C=O) groups is 1. The summed E-state index contributed by atoms with van der Waals surface area (Å²) in [6.45, 7) is 9.67. The van der Waals surface area contributed by atoms with E-state index < -0.39 is 0 Å². The quantitative estimate of drug-likeness (QED) is 0.683. The van der Waals surface area contributed by atoms with Gasteiger partial charge in [-0.25, -0.2) is 0 Å². The molecule has 0 spiro atoms. The Bertz CT molecular complexity index is 692. The van der Waals surface area contributed by atoms with Crippen LogP contribution in [-0.4, -0.2) is 20.1 Å². The maximum Gasteiger partial charge on any atom is 0.224 e. The molecule has 2 aliphatic rings. The molecule has 3 rings (SSSR count). The van der Waals surface area contributed by atoms with Crippen LogP contribution in [0.4, 0.5) is 5.69 Å². The lowest BCUT2D eigenvalue weighted by molar-refractivity contribution is -0.127. The summed E-state index contributed by atoms with van der Waals surface area (Å²) >= 11 is 0. The Morgan fingerprint density at radius 1 is 1.07 bits per heavy atom. The molecular formula is C24H37NO3. The Labute approximate surface area is 170 Å². The molecule has 2 saturated carbocycles. The van der Waals surface area contributed by atoms with Crippen molar-refractivity contribution in [3.63, 3.8) is 0 Å². The van der Waals surface area contributed by atoms with Crippen molar-refractivity contribution >= 4 is 11.6 Å². The number of anilines is 1. The van der Waals surface area contributed by atoms with Crippen molar-refractivity contribution in [3.8, 4) is 11.5 Å². The van der Waals surface area contributed by atoms with Crippen LogP contribution in [0.1, 0.15) is 66.2 Å². The molecule has 0 radical (unpaired) electrons. The molecule has 2 aliphatic carbocycles. The lowest BCUT2D eigenvalue weighted by Gasteiger charge is -2.59. The predicted molar refractivity (Wildman–Crippen MR) is 114 cm³/mol. The minimum atomic E-state index is 0.0948. The number of nitrogens with one attached hydrogen (secondary N) is 1. The molecule has 0 aliphatic heterocycles. The van der Waals surface area contributed by atoms with E-state index in [1.807, 2.05) is 18.2 Å². The van der Waals surface area contributed by atoms with Gasteiger partial charge in [0.1, 0.15) is 11.5 Å². The second kappa shape index (κ2) is 7.96. The van der Waals surface area contributed by atoms with E-state index in [1.165, 1.54) is 32.1 Å². The maximum absolute atomic E-state index is 13.0. The van der Waals surface area contributed by atoms with Gasteiger partial charge < -0.3 is 14.8 Å². The van der Waals surface area contributed by atoms with Gasteiger partial charge in [0.15, 0.2) is 0 Å². The first-order valence-corrected chi connectivity index (χ1v) is 10.7. The van der Waals surface area contributed by atoms with E-state index in [2.05, 4.69) is 33.0 Å². The molecule has 0 unspecified atom stereocenters. The topological polar surface area (TPSA) is 47.6 Å². The number of methoxy groups -OCH3 is 2. The highest BCUT2D eigenvalue weighted by Crippen LogP contribution is 2.61. The van der Waals surface area contributed by atoms with E-state index in [0.29, 0.717) is 41.1 Å². The van der Waals surface area contributed by atoms with Crippen LogP contribution in [-0.2, 0) is 4.79 Å². The third-order valence-electron chi connectivity index (χ3n) is 7.76. The summed E-state index contributed by atoms with van der Waals surface area (Å²) < 4.78 is 10.6. The van der Waals surface area contributed by atoms with Crippen LogP contribution < -0.4 is 14.8 Å². The molecule has 4 nitrogen and oxygen atoms in total. The van der Waals surface area contributed by atoms with E-state index in [4.69, 9.17) is 9.47 Å². The number of rotatable bonds is 5. The van der Waals surface area contributed by atoms with E-state index in [1.54, 1.807) is 14.2 Å². The maximum atomic E-state index is 13.0. The summed E-state index contributed by atoms with van der Waals surface area (Å²) in [5, 5.41) is 3.09. The molecule has 28 heavy (non-hydrogen) atoms. The molecule has 1 aromatic carbocycles. The molecule has 1 amide bonds. The van der Waals surface area contributed by atoms with Gasteiger partial charge in [-0.1, -0.05) is 40.5 Å². The average molecular weight is 388 g/mol. The highest BCUT2D eigenvalue weighted by Gasteiger charge is 2.53. The van der Waals surface area contributed by atoms with Crippen LogP contribution in [0.25, 0.3) is 0 Å². The fraction of sp³-hybridized carbons (Fsp3) is 0.708. The monoisotopic (exact) mass is 387 g/mol. The van der Waals surface area contributed by atoms with Crippen molar-refractivity contribution < 1.29 is 14.3 Å². The van der Waals surface area contributed by atoms with Gasteiger partial charge in [0, 0.05) is 30.3 Å². The van der Waals surface area contributed by atoms with Gasteiger partial charge in [-0.05, 0) is 47.8 Å². The molecule has 156 valence electrons. The van der Waals surface area contributed by atoms with E-state index >= 15 is 0 Å². The Morgan fingerprint density at radius 2 is 1.71 bits per heavy atom. The number of fused-ring (bicyclic) bond motifs is 1. The Hall–Kier alpha value is -1.71. The number of hydrogen-bond donors (Lipinski definition) is 1.